The van der Waals surface area contributed by atoms with Gasteiger partial charge in [0.1, 0.15) is 0 Å². The Bertz CT molecular complexity index is 4460. The third-order valence-electron chi connectivity index (χ3n) is 14.2. The minimum Gasteiger partial charge on any atom is -0.338 e. The lowest BCUT2D eigenvalue weighted by Gasteiger charge is -2.12. The number of aromatic nitrogens is 3. The fourth-order valence-corrected chi connectivity index (χ4v) is 14.7. The molecule has 6 aromatic heterocycles. The van der Waals surface area contributed by atoms with Crippen molar-refractivity contribution in [2.24, 2.45) is 0 Å². The molecule has 0 saturated heterocycles. The fraction of sp³-hybridized carbons (Fsp3) is 0.143. The van der Waals surface area contributed by atoms with Gasteiger partial charge >= 0.3 is 0 Å². The van der Waals surface area contributed by atoms with Gasteiger partial charge in [-0.3, -0.25) is 0 Å². The highest BCUT2D eigenvalue weighted by Crippen LogP contribution is 2.44. The molecule has 0 aliphatic heterocycles. The first-order chi connectivity index (χ1) is 33.7. The molecule has 0 N–H and O–H groups in total. The van der Waals surface area contributed by atoms with E-state index in [2.05, 4.69) is 237 Å². The van der Waals surface area contributed by atoms with Crippen molar-refractivity contribution in [1.29, 1.82) is 0 Å². The predicted molar refractivity (Wildman–Crippen MR) is 308 cm³/mol. The SMILES string of the molecule is CC(C)n1c2ccccc2c2cc3c(cc21)sc1ccccc13.CC(C)n1c2ccccc2c2cc3sc4ccccc4c3cc21.CC(C)n1c2ccccc2c2ccc3sc4ccccc4c3c21. The monoisotopic (exact) mass is 945 g/mol. The second kappa shape index (κ2) is 16.3. The lowest BCUT2D eigenvalue weighted by atomic mass is 10.1. The van der Waals surface area contributed by atoms with Crippen LogP contribution in [0.25, 0.3) is 126 Å². The Morgan fingerprint density at radius 1 is 0.261 bits per heavy atom. The molecule has 0 aliphatic rings. The molecule has 6 heteroatoms. The zero-order chi connectivity index (χ0) is 46.7. The molecule has 0 bridgehead atoms. The van der Waals surface area contributed by atoms with Crippen LogP contribution < -0.4 is 0 Å². The number of hydrogen-bond acceptors (Lipinski definition) is 3. The maximum absolute atomic E-state index is 2.51. The van der Waals surface area contributed by atoms with Gasteiger partial charge in [0.05, 0.1) is 16.6 Å². The molecule has 0 aliphatic carbocycles. The standard InChI is InChI=1S/3C21H17NS/c1-13(2)22-18-9-5-3-7-14(18)16-12-21-17(11-19(16)22)15-8-4-6-10-20(15)23-21;1-13(2)22-18-9-5-3-7-14(18)16-11-17-15-8-4-6-10-20(15)23-21(17)12-19(16)22;1-13(2)22-17-9-5-3-7-14(17)15-11-12-19-20(21(15)22)16-8-4-6-10-18(16)23-19/h3*3-13H,1-2H3. The highest BCUT2D eigenvalue weighted by atomic mass is 32.1. The molecule has 9 aromatic carbocycles. The van der Waals surface area contributed by atoms with Crippen molar-refractivity contribution < 1.29 is 0 Å². The van der Waals surface area contributed by atoms with Crippen molar-refractivity contribution in [1.82, 2.24) is 13.7 Å². The minimum atomic E-state index is 0.432. The summed E-state index contributed by atoms with van der Waals surface area (Å²) in [5.41, 5.74) is 8.08. The number of benzene rings is 9. The average Bonchev–Trinajstić information content (AvgIpc) is 4.21. The molecule has 0 radical (unpaired) electrons. The zero-order valence-corrected chi connectivity index (χ0v) is 42.1. The Balaban J connectivity index is 0.000000102. The quantitative estimate of drug-likeness (QED) is 0.168. The van der Waals surface area contributed by atoms with E-state index in [1.54, 1.807) is 0 Å². The first-order valence-electron chi connectivity index (χ1n) is 24.2. The largest absolute Gasteiger partial charge is 0.338 e. The van der Waals surface area contributed by atoms with Crippen LogP contribution in [0.5, 0.6) is 0 Å². The lowest BCUT2D eigenvalue weighted by Crippen LogP contribution is -1.99. The molecule has 15 rings (SSSR count). The maximum atomic E-state index is 2.51. The van der Waals surface area contributed by atoms with Crippen LogP contribution in [-0.4, -0.2) is 13.7 Å². The van der Waals surface area contributed by atoms with Crippen molar-refractivity contribution in [3.63, 3.8) is 0 Å². The van der Waals surface area contributed by atoms with Crippen LogP contribution in [0, 0.1) is 0 Å². The molecule has 15 aromatic rings. The number of thiophene rings is 3. The molecular weight excluding hydrogens is 895 g/mol. The van der Waals surface area contributed by atoms with Gasteiger partial charge in [0, 0.05) is 128 Å². The summed E-state index contributed by atoms with van der Waals surface area (Å²) in [7, 11) is 0. The Morgan fingerprint density at radius 3 is 1.20 bits per heavy atom. The highest BCUT2D eigenvalue weighted by molar-refractivity contribution is 7.26. The Kier molecular flexibility index (Phi) is 9.99. The molecule has 0 spiro atoms. The summed E-state index contributed by atoms with van der Waals surface area (Å²) < 4.78 is 15.7. The van der Waals surface area contributed by atoms with E-state index in [4.69, 9.17) is 0 Å². The second-order valence-electron chi connectivity index (χ2n) is 19.3. The van der Waals surface area contributed by atoms with Crippen molar-refractivity contribution >= 4 is 160 Å². The van der Waals surface area contributed by atoms with Crippen LogP contribution in [0.15, 0.2) is 182 Å². The molecule has 0 amide bonds. The van der Waals surface area contributed by atoms with Crippen LogP contribution in [0.2, 0.25) is 0 Å². The molecule has 3 nitrogen and oxygen atoms in total. The van der Waals surface area contributed by atoms with E-state index in [0.29, 0.717) is 18.1 Å². The minimum absolute atomic E-state index is 0.432. The van der Waals surface area contributed by atoms with Gasteiger partial charge in [-0.2, -0.15) is 0 Å². The third kappa shape index (κ3) is 6.56. The van der Waals surface area contributed by atoms with E-state index in [9.17, 15) is 0 Å². The summed E-state index contributed by atoms with van der Waals surface area (Å²) in [6.45, 7) is 13.6. The van der Waals surface area contributed by atoms with E-state index in [0.717, 1.165) is 0 Å². The third-order valence-corrected chi connectivity index (χ3v) is 17.6. The van der Waals surface area contributed by atoms with Crippen molar-refractivity contribution in [2.45, 2.75) is 59.7 Å². The molecule has 6 heterocycles. The van der Waals surface area contributed by atoms with Crippen LogP contribution in [0.3, 0.4) is 0 Å². The van der Waals surface area contributed by atoms with Crippen molar-refractivity contribution in [2.75, 3.05) is 0 Å². The maximum Gasteiger partial charge on any atom is 0.0588 e. The van der Waals surface area contributed by atoms with E-state index >= 15 is 0 Å². The first kappa shape index (κ1) is 42.2. The molecule has 0 saturated carbocycles. The van der Waals surface area contributed by atoms with Gasteiger partial charge in [0.15, 0.2) is 0 Å². The van der Waals surface area contributed by atoms with Gasteiger partial charge in [-0.25, -0.2) is 0 Å². The van der Waals surface area contributed by atoms with Gasteiger partial charge in [0.2, 0.25) is 0 Å². The zero-order valence-electron chi connectivity index (χ0n) is 39.6. The first-order valence-corrected chi connectivity index (χ1v) is 26.7. The van der Waals surface area contributed by atoms with Crippen LogP contribution in [0.4, 0.5) is 0 Å². The summed E-state index contributed by atoms with van der Waals surface area (Å²) in [5.74, 6) is 0. The van der Waals surface area contributed by atoms with Gasteiger partial charge in [-0.05, 0) is 108 Å². The molecule has 0 fully saturated rings. The smallest absolute Gasteiger partial charge is 0.0588 e. The topological polar surface area (TPSA) is 14.8 Å². The fourth-order valence-electron chi connectivity index (χ4n) is 11.4. The Morgan fingerprint density at radius 2 is 0.652 bits per heavy atom. The second-order valence-corrected chi connectivity index (χ2v) is 22.6. The normalized spacial score (nSPS) is 12.3. The molecule has 0 atom stereocenters. The van der Waals surface area contributed by atoms with Gasteiger partial charge in [0.25, 0.3) is 0 Å². The summed E-state index contributed by atoms with van der Waals surface area (Å²) in [6, 6.07) is 68.0. The lowest BCUT2D eigenvalue weighted by molar-refractivity contribution is 0.642. The van der Waals surface area contributed by atoms with Gasteiger partial charge < -0.3 is 13.7 Å². The number of rotatable bonds is 3. The summed E-state index contributed by atoms with van der Waals surface area (Å²) >= 11 is 5.68. The van der Waals surface area contributed by atoms with Crippen molar-refractivity contribution in [3.8, 4) is 0 Å². The summed E-state index contributed by atoms with van der Waals surface area (Å²) in [5, 5.41) is 16.5. The summed E-state index contributed by atoms with van der Waals surface area (Å²) in [4.78, 5) is 0. The van der Waals surface area contributed by atoms with Crippen LogP contribution in [0.1, 0.15) is 59.7 Å². The highest BCUT2D eigenvalue weighted by Gasteiger charge is 2.19. The van der Waals surface area contributed by atoms with E-state index in [1.165, 1.54) is 126 Å². The molecule has 69 heavy (non-hydrogen) atoms. The number of para-hydroxylation sites is 3. The summed E-state index contributed by atoms with van der Waals surface area (Å²) in [6.07, 6.45) is 0. The number of hydrogen-bond donors (Lipinski definition) is 0. The number of fused-ring (bicyclic) bond motifs is 19. The molecular formula is C63H51N3S3. The van der Waals surface area contributed by atoms with Crippen LogP contribution >= 0.6 is 34.0 Å². The molecule has 0 unspecified atom stereocenters. The predicted octanol–water partition coefficient (Wildman–Crippen LogP) is 20.2. The van der Waals surface area contributed by atoms with Crippen LogP contribution in [-0.2, 0) is 0 Å². The average molecular weight is 946 g/mol. The Labute approximate surface area is 412 Å². The van der Waals surface area contributed by atoms with E-state index in [1.807, 2.05) is 34.0 Å². The van der Waals surface area contributed by atoms with Gasteiger partial charge in [-0.15, -0.1) is 34.0 Å². The Hall–Kier alpha value is -6.96. The van der Waals surface area contributed by atoms with E-state index < -0.39 is 0 Å². The van der Waals surface area contributed by atoms with Crippen molar-refractivity contribution in [3.05, 3.63) is 182 Å². The van der Waals surface area contributed by atoms with E-state index in [-0.39, 0.29) is 0 Å². The van der Waals surface area contributed by atoms with Gasteiger partial charge in [-0.1, -0.05) is 115 Å². The molecule has 336 valence electrons. The number of nitrogens with zero attached hydrogens (tertiary/aromatic N) is 3.